The van der Waals surface area contributed by atoms with Crippen molar-refractivity contribution in [1.29, 1.82) is 0 Å². The predicted octanol–water partition coefficient (Wildman–Crippen LogP) is 3.89. The van der Waals surface area contributed by atoms with Crippen LogP contribution in [0, 0.1) is 0 Å². The van der Waals surface area contributed by atoms with Gasteiger partial charge in [-0.2, -0.15) is 0 Å². The third kappa shape index (κ3) is 5.21. The summed E-state index contributed by atoms with van der Waals surface area (Å²) >= 11 is 5.98. The maximum absolute atomic E-state index is 12.9. The Bertz CT molecular complexity index is 859. The average Bonchev–Trinajstić information content (AvgIpc) is 2.71. The zero-order valence-electron chi connectivity index (χ0n) is 17.3. The van der Waals surface area contributed by atoms with Crippen molar-refractivity contribution in [2.75, 3.05) is 19.8 Å². The van der Waals surface area contributed by atoms with Crippen molar-refractivity contribution >= 4 is 29.5 Å². The molecule has 1 aromatic carbocycles. The summed E-state index contributed by atoms with van der Waals surface area (Å²) in [6, 6.07) is 6.65. The second-order valence-electron chi connectivity index (χ2n) is 6.59. The van der Waals surface area contributed by atoms with Crippen molar-refractivity contribution < 1.29 is 29.0 Å². The lowest BCUT2D eigenvalue weighted by molar-refractivity contribution is -0.144. The molecule has 1 heterocycles. The standard InChI is InChI=1S/C22H26ClNO6/c1-4-7-12-24-17(20(25)26)13-16(14-8-10-15(23)11-9-14)18(21(27)29-5-2)19(24)22(28)30-6-3/h8-11,13,16H,4-7,12H2,1-3H3,(H,25,26). The number of carboxylic acid groups (broad SMARTS) is 1. The van der Waals surface area contributed by atoms with Crippen LogP contribution >= 0.6 is 11.6 Å². The van der Waals surface area contributed by atoms with E-state index in [0.29, 0.717) is 17.0 Å². The number of aliphatic carboxylic acids is 1. The summed E-state index contributed by atoms with van der Waals surface area (Å²) in [6.07, 6.45) is 2.86. The number of allylic oxidation sites excluding steroid dienone is 1. The van der Waals surface area contributed by atoms with Gasteiger partial charge in [-0.05, 0) is 44.0 Å². The monoisotopic (exact) mass is 435 g/mol. The van der Waals surface area contributed by atoms with Crippen LogP contribution in [0.5, 0.6) is 0 Å². The first-order valence-corrected chi connectivity index (χ1v) is 10.3. The first-order chi connectivity index (χ1) is 14.3. The zero-order valence-corrected chi connectivity index (χ0v) is 18.1. The van der Waals surface area contributed by atoms with Crippen molar-refractivity contribution in [1.82, 2.24) is 4.90 Å². The molecule has 2 rings (SSSR count). The molecule has 0 radical (unpaired) electrons. The molecule has 30 heavy (non-hydrogen) atoms. The summed E-state index contributed by atoms with van der Waals surface area (Å²) in [5.74, 6) is -3.45. The molecule has 0 fully saturated rings. The van der Waals surface area contributed by atoms with Gasteiger partial charge in [-0.15, -0.1) is 0 Å². The topological polar surface area (TPSA) is 93.1 Å². The van der Waals surface area contributed by atoms with Crippen molar-refractivity contribution in [3.8, 4) is 0 Å². The highest BCUT2D eigenvalue weighted by Crippen LogP contribution is 2.38. The van der Waals surface area contributed by atoms with Gasteiger partial charge in [0.15, 0.2) is 0 Å². The Kier molecular flexibility index (Phi) is 8.47. The van der Waals surface area contributed by atoms with Crippen LogP contribution in [0.15, 0.2) is 47.3 Å². The Morgan fingerprint density at radius 1 is 1.03 bits per heavy atom. The lowest BCUT2D eigenvalue weighted by atomic mass is 9.85. The smallest absolute Gasteiger partial charge is 0.355 e. The summed E-state index contributed by atoms with van der Waals surface area (Å²) in [5.41, 5.74) is 0.486. The van der Waals surface area contributed by atoms with E-state index in [2.05, 4.69) is 0 Å². The lowest BCUT2D eigenvalue weighted by Crippen LogP contribution is -2.39. The number of carbonyl (C=O) groups excluding carboxylic acids is 2. The first-order valence-electron chi connectivity index (χ1n) is 9.92. The van der Waals surface area contributed by atoms with Crippen molar-refractivity contribution in [3.05, 3.63) is 57.9 Å². The number of nitrogens with zero attached hydrogens (tertiary/aromatic N) is 1. The second-order valence-corrected chi connectivity index (χ2v) is 7.03. The fraction of sp³-hybridized carbons (Fsp3) is 0.409. The van der Waals surface area contributed by atoms with Gasteiger partial charge >= 0.3 is 17.9 Å². The molecule has 0 aromatic heterocycles. The molecule has 1 aliphatic rings. The minimum Gasteiger partial charge on any atom is -0.477 e. The number of unbranched alkanes of at least 4 members (excludes halogenated alkanes) is 1. The van der Waals surface area contributed by atoms with Gasteiger partial charge in [0, 0.05) is 17.5 Å². The fourth-order valence-electron chi connectivity index (χ4n) is 3.26. The minimum atomic E-state index is -1.20. The van der Waals surface area contributed by atoms with E-state index in [1.165, 1.54) is 11.0 Å². The van der Waals surface area contributed by atoms with Crippen molar-refractivity contribution in [2.45, 2.75) is 39.5 Å². The normalized spacial score (nSPS) is 16.2. The van der Waals surface area contributed by atoms with Crippen molar-refractivity contribution in [3.63, 3.8) is 0 Å². The molecular formula is C22H26ClNO6. The third-order valence-corrected chi connectivity index (χ3v) is 4.85. The molecule has 1 N–H and O–H groups in total. The maximum atomic E-state index is 12.9. The quantitative estimate of drug-likeness (QED) is 0.588. The van der Waals surface area contributed by atoms with Gasteiger partial charge < -0.3 is 19.5 Å². The van der Waals surface area contributed by atoms with Crippen LogP contribution in [0.2, 0.25) is 5.02 Å². The Balaban J connectivity index is 2.77. The van der Waals surface area contributed by atoms with E-state index >= 15 is 0 Å². The molecule has 0 saturated heterocycles. The number of esters is 2. The molecule has 1 unspecified atom stereocenters. The molecule has 162 valence electrons. The number of carboxylic acids is 1. The first kappa shape index (κ1) is 23.5. The van der Waals surface area contributed by atoms with Gasteiger partial charge in [0.1, 0.15) is 11.4 Å². The molecular weight excluding hydrogens is 410 g/mol. The highest BCUT2D eigenvalue weighted by atomic mass is 35.5. The molecule has 1 aliphatic heterocycles. The number of hydrogen-bond acceptors (Lipinski definition) is 6. The van der Waals surface area contributed by atoms with Crippen LogP contribution in [0.4, 0.5) is 0 Å². The lowest BCUT2D eigenvalue weighted by Gasteiger charge is -2.34. The van der Waals surface area contributed by atoms with Gasteiger partial charge in [0.2, 0.25) is 0 Å². The summed E-state index contributed by atoms with van der Waals surface area (Å²) in [7, 11) is 0. The Hall–Kier alpha value is -2.80. The van der Waals surface area contributed by atoms with Crippen LogP contribution in [0.3, 0.4) is 0 Å². The van der Waals surface area contributed by atoms with Crippen LogP contribution < -0.4 is 0 Å². The van der Waals surface area contributed by atoms with Gasteiger partial charge in [0.25, 0.3) is 0 Å². The number of ether oxygens (including phenoxy) is 2. The second kappa shape index (κ2) is 10.8. The van der Waals surface area contributed by atoms with Gasteiger partial charge in [-0.1, -0.05) is 37.1 Å². The SMILES string of the molecule is CCCCN1C(C(=O)O)=CC(c2ccc(Cl)cc2)C(C(=O)OCC)=C1C(=O)OCC. The van der Waals surface area contributed by atoms with Crippen LogP contribution in [-0.4, -0.2) is 47.7 Å². The average molecular weight is 436 g/mol. The Morgan fingerprint density at radius 3 is 2.17 bits per heavy atom. The van der Waals surface area contributed by atoms with E-state index in [0.717, 1.165) is 6.42 Å². The van der Waals surface area contributed by atoms with Crippen LogP contribution in [0.1, 0.15) is 45.1 Å². The summed E-state index contributed by atoms with van der Waals surface area (Å²) < 4.78 is 10.4. The van der Waals surface area contributed by atoms with Gasteiger partial charge in [0.05, 0.1) is 18.8 Å². The van der Waals surface area contributed by atoms with Crippen LogP contribution in [0.25, 0.3) is 0 Å². The molecule has 8 heteroatoms. The van der Waals surface area contributed by atoms with E-state index in [4.69, 9.17) is 21.1 Å². The summed E-state index contributed by atoms with van der Waals surface area (Å²) in [4.78, 5) is 39.3. The highest BCUT2D eigenvalue weighted by molar-refractivity contribution is 6.30. The van der Waals surface area contributed by atoms with E-state index in [1.54, 1.807) is 38.1 Å². The molecule has 0 amide bonds. The Morgan fingerprint density at radius 2 is 1.63 bits per heavy atom. The number of carbonyl (C=O) groups is 3. The number of halogens is 1. The molecule has 7 nitrogen and oxygen atoms in total. The Labute approximate surface area is 180 Å². The maximum Gasteiger partial charge on any atom is 0.355 e. The summed E-state index contributed by atoms with van der Waals surface area (Å²) in [5, 5.41) is 10.3. The van der Waals surface area contributed by atoms with Gasteiger partial charge in [-0.25, -0.2) is 14.4 Å². The molecule has 1 atom stereocenters. The van der Waals surface area contributed by atoms with Crippen molar-refractivity contribution in [2.24, 2.45) is 0 Å². The summed E-state index contributed by atoms with van der Waals surface area (Å²) in [6.45, 7) is 5.69. The molecule has 0 saturated carbocycles. The van der Waals surface area contributed by atoms with E-state index in [9.17, 15) is 19.5 Å². The highest BCUT2D eigenvalue weighted by Gasteiger charge is 2.40. The largest absolute Gasteiger partial charge is 0.477 e. The molecule has 0 bridgehead atoms. The van der Waals surface area contributed by atoms with E-state index in [-0.39, 0.29) is 36.7 Å². The van der Waals surface area contributed by atoms with E-state index in [1.807, 2.05) is 6.92 Å². The number of benzene rings is 1. The minimum absolute atomic E-state index is 0.0544. The predicted molar refractivity (Wildman–Crippen MR) is 112 cm³/mol. The fourth-order valence-corrected chi connectivity index (χ4v) is 3.39. The third-order valence-electron chi connectivity index (χ3n) is 4.60. The number of hydrogen-bond donors (Lipinski definition) is 1. The van der Waals surface area contributed by atoms with E-state index < -0.39 is 23.8 Å². The van der Waals surface area contributed by atoms with Crippen LogP contribution in [-0.2, 0) is 23.9 Å². The molecule has 1 aromatic rings. The number of rotatable bonds is 9. The molecule has 0 aliphatic carbocycles. The molecule has 0 spiro atoms. The zero-order chi connectivity index (χ0) is 22.3. The van der Waals surface area contributed by atoms with Gasteiger partial charge in [-0.3, -0.25) is 0 Å².